The summed E-state index contributed by atoms with van der Waals surface area (Å²) in [5, 5.41) is 11.2. The highest BCUT2D eigenvalue weighted by atomic mass is 16.6. The van der Waals surface area contributed by atoms with Crippen LogP contribution in [0.15, 0.2) is 12.5 Å². The molecule has 0 aliphatic carbocycles. The number of hydrogen-bond acceptors (Lipinski definition) is 4. The van der Waals surface area contributed by atoms with Crippen LogP contribution in [0.2, 0.25) is 0 Å². The molecule has 0 bridgehead atoms. The minimum Gasteiger partial charge on any atom is -0.479 e. The molecule has 0 spiro atoms. The number of carboxylic acids is 1. The standard InChI is InChI=1S/C10H15N3O4/c1-10(2,3)17-9(16)13-7(8(14)15)6-4-11-5-12-6/h4-5,7H,1-3H3,(H,11,12)(H,13,16)(H,14,15)/t7-/m0/s1. The average Bonchev–Trinajstić information content (AvgIpc) is 2.63. The Hall–Kier alpha value is -2.05. The molecule has 0 saturated carbocycles. The lowest BCUT2D eigenvalue weighted by Crippen LogP contribution is -2.38. The second-order valence-corrected chi connectivity index (χ2v) is 4.42. The second-order valence-electron chi connectivity index (χ2n) is 4.42. The summed E-state index contributed by atoms with van der Waals surface area (Å²) in [6.45, 7) is 5.08. The smallest absolute Gasteiger partial charge is 0.408 e. The zero-order valence-corrected chi connectivity index (χ0v) is 9.85. The van der Waals surface area contributed by atoms with Crippen LogP contribution in [-0.2, 0) is 9.53 Å². The molecule has 1 aromatic rings. The molecule has 0 aromatic carbocycles. The number of rotatable bonds is 3. The van der Waals surface area contributed by atoms with Crippen molar-refractivity contribution in [3.63, 3.8) is 0 Å². The zero-order chi connectivity index (χ0) is 13.1. The summed E-state index contributed by atoms with van der Waals surface area (Å²) in [5.74, 6) is -1.19. The first kappa shape index (κ1) is 13.0. The predicted molar refractivity (Wildman–Crippen MR) is 58.3 cm³/mol. The summed E-state index contributed by atoms with van der Waals surface area (Å²) >= 11 is 0. The third-order valence-corrected chi connectivity index (χ3v) is 1.74. The molecule has 17 heavy (non-hydrogen) atoms. The van der Waals surface area contributed by atoms with Crippen molar-refractivity contribution in [3.8, 4) is 0 Å². The van der Waals surface area contributed by atoms with E-state index in [4.69, 9.17) is 9.84 Å². The molecule has 7 nitrogen and oxygen atoms in total. The van der Waals surface area contributed by atoms with Gasteiger partial charge in [0.1, 0.15) is 5.60 Å². The van der Waals surface area contributed by atoms with E-state index in [1.807, 2.05) is 0 Å². The Morgan fingerprint density at radius 1 is 1.53 bits per heavy atom. The summed E-state index contributed by atoms with van der Waals surface area (Å²) in [6.07, 6.45) is 1.87. The number of aromatic amines is 1. The van der Waals surface area contributed by atoms with Gasteiger partial charge >= 0.3 is 12.1 Å². The summed E-state index contributed by atoms with van der Waals surface area (Å²) < 4.78 is 4.97. The van der Waals surface area contributed by atoms with Crippen LogP contribution >= 0.6 is 0 Å². The minimum atomic E-state index is -1.20. The number of imidazole rings is 1. The number of hydrogen-bond donors (Lipinski definition) is 3. The van der Waals surface area contributed by atoms with Gasteiger partial charge in [0.15, 0.2) is 6.04 Å². The second kappa shape index (κ2) is 4.86. The first-order chi connectivity index (χ1) is 7.79. The van der Waals surface area contributed by atoms with Crippen molar-refractivity contribution in [2.45, 2.75) is 32.4 Å². The van der Waals surface area contributed by atoms with E-state index in [1.165, 1.54) is 12.5 Å². The minimum absolute atomic E-state index is 0.281. The molecule has 0 aliphatic rings. The van der Waals surface area contributed by atoms with Crippen LogP contribution < -0.4 is 5.32 Å². The Labute approximate surface area is 98.2 Å². The monoisotopic (exact) mass is 241 g/mol. The van der Waals surface area contributed by atoms with E-state index in [0.29, 0.717) is 0 Å². The van der Waals surface area contributed by atoms with Crippen LogP contribution in [-0.4, -0.2) is 32.7 Å². The SMILES string of the molecule is CC(C)(C)OC(=O)N[C@H](C(=O)O)c1cnc[nH]1. The molecule has 1 heterocycles. The molecule has 1 amide bonds. The van der Waals surface area contributed by atoms with E-state index in [1.54, 1.807) is 20.8 Å². The van der Waals surface area contributed by atoms with E-state index in [9.17, 15) is 9.59 Å². The van der Waals surface area contributed by atoms with E-state index >= 15 is 0 Å². The lowest BCUT2D eigenvalue weighted by atomic mass is 10.2. The molecule has 3 N–H and O–H groups in total. The number of nitrogens with zero attached hydrogens (tertiary/aromatic N) is 1. The Balaban J connectivity index is 2.69. The number of aromatic nitrogens is 2. The molecule has 0 saturated heterocycles. The fourth-order valence-electron chi connectivity index (χ4n) is 1.12. The van der Waals surface area contributed by atoms with Gasteiger partial charge in [-0.2, -0.15) is 0 Å². The van der Waals surface area contributed by atoms with Crippen molar-refractivity contribution in [1.82, 2.24) is 15.3 Å². The zero-order valence-electron chi connectivity index (χ0n) is 9.85. The number of carbonyl (C=O) groups excluding carboxylic acids is 1. The van der Waals surface area contributed by atoms with Gasteiger partial charge in [-0.15, -0.1) is 0 Å². The van der Waals surface area contributed by atoms with Gasteiger partial charge < -0.3 is 20.1 Å². The number of ether oxygens (including phenoxy) is 1. The molecule has 0 radical (unpaired) electrons. The van der Waals surface area contributed by atoms with Gasteiger partial charge in [-0.05, 0) is 20.8 Å². The van der Waals surface area contributed by atoms with Gasteiger partial charge in [0.05, 0.1) is 18.2 Å². The van der Waals surface area contributed by atoms with Crippen molar-refractivity contribution >= 4 is 12.1 Å². The maximum Gasteiger partial charge on any atom is 0.408 e. The molecular formula is C10H15N3O4. The fraction of sp³-hybridized carbons (Fsp3) is 0.500. The first-order valence-electron chi connectivity index (χ1n) is 5.00. The van der Waals surface area contributed by atoms with Gasteiger partial charge in [-0.3, -0.25) is 0 Å². The number of carboxylic acid groups (broad SMARTS) is 1. The molecule has 94 valence electrons. The maximum absolute atomic E-state index is 11.4. The van der Waals surface area contributed by atoms with Crippen molar-refractivity contribution in [2.75, 3.05) is 0 Å². The number of carbonyl (C=O) groups is 2. The molecule has 1 aromatic heterocycles. The Kier molecular flexibility index (Phi) is 3.72. The van der Waals surface area contributed by atoms with Crippen LogP contribution in [0.5, 0.6) is 0 Å². The summed E-state index contributed by atoms with van der Waals surface area (Å²) in [4.78, 5) is 28.7. The lowest BCUT2D eigenvalue weighted by Gasteiger charge is -2.21. The lowest BCUT2D eigenvalue weighted by molar-refractivity contribution is -0.139. The number of nitrogens with one attached hydrogen (secondary N) is 2. The number of alkyl carbamates (subject to hydrolysis) is 1. The van der Waals surface area contributed by atoms with Gasteiger partial charge in [0.25, 0.3) is 0 Å². The van der Waals surface area contributed by atoms with Crippen molar-refractivity contribution in [1.29, 1.82) is 0 Å². The quantitative estimate of drug-likeness (QED) is 0.734. The summed E-state index contributed by atoms with van der Waals surface area (Å²) in [7, 11) is 0. The summed E-state index contributed by atoms with van der Waals surface area (Å²) in [5.41, 5.74) is -0.399. The molecular weight excluding hydrogens is 226 g/mol. The third kappa shape index (κ3) is 4.13. The molecule has 0 fully saturated rings. The van der Waals surface area contributed by atoms with Crippen molar-refractivity contribution in [2.24, 2.45) is 0 Å². The number of H-pyrrole nitrogens is 1. The normalized spacial score (nSPS) is 12.9. The molecule has 0 unspecified atom stereocenters. The van der Waals surface area contributed by atoms with Gasteiger partial charge in [0, 0.05) is 0 Å². The Bertz CT molecular complexity index is 394. The van der Waals surface area contributed by atoms with Gasteiger partial charge in [-0.25, -0.2) is 14.6 Å². The van der Waals surface area contributed by atoms with E-state index < -0.39 is 23.7 Å². The van der Waals surface area contributed by atoms with Crippen molar-refractivity contribution in [3.05, 3.63) is 18.2 Å². The number of aliphatic carboxylic acids is 1. The van der Waals surface area contributed by atoms with Crippen LogP contribution in [0.1, 0.15) is 32.5 Å². The van der Waals surface area contributed by atoms with E-state index in [2.05, 4.69) is 15.3 Å². The highest BCUT2D eigenvalue weighted by molar-refractivity contribution is 5.80. The van der Waals surface area contributed by atoms with Crippen LogP contribution in [0.4, 0.5) is 4.79 Å². The topological polar surface area (TPSA) is 104 Å². The first-order valence-corrected chi connectivity index (χ1v) is 5.00. The highest BCUT2D eigenvalue weighted by Crippen LogP contribution is 2.12. The number of amides is 1. The molecule has 1 atom stereocenters. The largest absolute Gasteiger partial charge is 0.479 e. The van der Waals surface area contributed by atoms with Crippen LogP contribution in [0.25, 0.3) is 0 Å². The Morgan fingerprint density at radius 3 is 2.59 bits per heavy atom. The molecule has 1 rings (SSSR count). The van der Waals surface area contributed by atoms with E-state index in [-0.39, 0.29) is 5.69 Å². The van der Waals surface area contributed by atoms with Gasteiger partial charge in [0.2, 0.25) is 0 Å². The fourth-order valence-corrected chi connectivity index (χ4v) is 1.12. The highest BCUT2D eigenvalue weighted by Gasteiger charge is 2.26. The van der Waals surface area contributed by atoms with Gasteiger partial charge in [-0.1, -0.05) is 0 Å². The van der Waals surface area contributed by atoms with Crippen molar-refractivity contribution < 1.29 is 19.4 Å². The average molecular weight is 241 g/mol. The predicted octanol–water partition coefficient (Wildman–Crippen LogP) is 1.06. The maximum atomic E-state index is 11.4. The third-order valence-electron chi connectivity index (χ3n) is 1.74. The van der Waals surface area contributed by atoms with Crippen LogP contribution in [0.3, 0.4) is 0 Å². The Morgan fingerprint density at radius 2 is 2.18 bits per heavy atom. The molecule has 7 heteroatoms. The molecule has 0 aliphatic heterocycles. The van der Waals surface area contributed by atoms with E-state index in [0.717, 1.165) is 0 Å². The summed E-state index contributed by atoms with van der Waals surface area (Å²) in [6, 6.07) is -1.20. The van der Waals surface area contributed by atoms with Crippen LogP contribution in [0, 0.1) is 0 Å².